The lowest BCUT2D eigenvalue weighted by molar-refractivity contribution is -0.384. The van der Waals surface area contributed by atoms with E-state index in [2.05, 4.69) is 10.1 Å². The van der Waals surface area contributed by atoms with Gasteiger partial charge in [-0.05, 0) is 47.5 Å². The molecule has 8 nitrogen and oxygen atoms in total. The number of benzene rings is 3. The molecule has 4 aromatic rings. The van der Waals surface area contributed by atoms with E-state index < -0.39 is 10.8 Å². The van der Waals surface area contributed by atoms with E-state index in [4.69, 9.17) is 4.74 Å². The number of halogens is 1. The summed E-state index contributed by atoms with van der Waals surface area (Å²) in [4.78, 5) is 28.1. The highest BCUT2D eigenvalue weighted by Crippen LogP contribution is 2.32. The number of nitro benzene ring substituents is 1. The molecule has 1 aromatic heterocycles. The monoisotopic (exact) mass is 476 g/mol. The van der Waals surface area contributed by atoms with Gasteiger partial charge in [0.1, 0.15) is 11.6 Å². The molecule has 1 amide bonds. The molecule has 170 valence electrons. The molecule has 0 aliphatic rings. The van der Waals surface area contributed by atoms with Crippen molar-refractivity contribution in [2.75, 3.05) is 12.1 Å². The van der Waals surface area contributed by atoms with Gasteiger partial charge in [0.05, 0.1) is 28.5 Å². The van der Waals surface area contributed by atoms with Crippen LogP contribution in [0.4, 0.5) is 15.2 Å². The largest absolute Gasteiger partial charge is 0.497 e. The molecule has 34 heavy (non-hydrogen) atoms. The molecule has 0 radical (unpaired) electrons. The van der Waals surface area contributed by atoms with Crippen LogP contribution in [0.5, 0.6) is 5.75 Å². The molecule has 0 aliphatic carbocycles. The Labute approximate surface area is 197 Å². The number of ether oxygens (including phenoxy) is 1. The van der Waals surface area contributed by atoms with Crippen LogP contribution in [0, 0.1) is 15.9 Å². The number of non-ortho nitro benzene ring substituents is 1. The number of rotatable bonds is 7. The van der Waals surface area contributed by atoms with Crippen LogP contribution in [0.25, 0.3) is 16.3 Å². The maximum atomic E-state index is 13.2. The second kappa shape index (κ2) is 10.0. The highest BCUT2D eigenvalue weighted by molar-refractivity contribution is 7.22. The summed E-state index contributed by atoms with van der Waals surface area (Å²) >= 11 is 1.25. The first-order valence-corrected chi connectivity index (χ1v) is 10.8. The number of carbonyl (C=O) groups is 1. The molecular formula is C24H17FN4O4S. The van der Waals surface area contributed by atoms with Crippen molar-refractivity contribution in [3.8, 4) is 5.75 Å². The minimum Gasteiger partial charge on any atom is -0.497 e. The molecule has 0 aliphatic heterocycles. The van der Waals surface area contributed by atoms with E-state index in [1.165, 1.54) is 72.2 Å². The van der Waals surface area contributed by atoms with E-state index in [1.54, 1.807) is 25.3 Å². The van der Waals surface area contributed by atoms with Gasteiger partial charge in [-0.2, -0.15) is 10.1 Å². The van der Waals surface area contributed by atoms with Gasteiger partial charge in [0.25, 0.3) is 11.6 Å². The van der Waals surface area contributed by atoms with Crippen LogP contribution in [0.3, 0.4) is 0 Å². The first-order valence-electron chi connectivity index (χ1n) is 9.94. The van der Waals surface area contributed by atoms with Crippen molar-refractivity contribution < 1.29 is 18.8 Å². The van der Waals surface area contributed by atoms with Gasteiger partial charge in [-0.25, -0.2) is 9.37 Å². The summed E-state index contributed by atoms with van der Waals surface area (Å²) in [7, 11) is 1.56. The number of fused-ring (bicyclic) bond motifs is 1. The number of aromatic nitrogens is 1. The van der Waals surface area contributed by atoms with Gasteiger partial charge in [0, 0.05) is 18.2 Å². The van der Waals surface area contributed by atoms with E-state index in [0.29, 0.717) is 27.5 Å². The number of amides is 1. The molecule has 0 spiro atoms. The number of nitrogens with zero attached hydrogens (tertiary/aromatic N) is 4. The Bertz CT molecular complexity index is 1420. The average Bonchev–Trinajstić information content (AvgIpc) is 3.27. The van der Waals surface area contributed by atoms with E-state index in [0.717, 1.165) is 9.71 Å². The molecule has 10 heteroatoms. The summed E-state index contributed by atoms with van der Waals surface area (Å²) in [5.74, 6) is -0.248. The Morgan fingerprint density at radius 2 is 1.94 bits per heavy atom. The minimum absolute atomic E-state index is 0.0825. The van der Waals surface area contributed by atoms with Crippen LogP contribution in [0.15, 0.2) is 77.9 Å². The molecule has 0 saturated heterocycles. The molecular weight excluding hydrogens is 459 g/mol. The Morgan fingerprint density at radius 3 is 2.68 bits per heavy atom. The van der Waals surface area contributed by atoms with E-state index in [1.807, 2.05) is 6.07 Å². The zero-order valence-corrected chi connectivity index (χ0v) is 18.6. The standard InChI is InChI=1S/C24H17FN4O4S/c1-33-20-10-11-21-22(14-20)34-24(27-21)28(26-15-17-5-8-18(25)9-6-17)23(30)12-7-16-3-2-4-19(13-16)29(31)32/h2-15H,1H3/b12-7+,26-15+. The molecule has 4 rings (SSSR count). The third-order valence-corrected chi connectivity index (χ3v) is 5.66. The SMILES string of the molecule is COc1ccc2nc(N(/N=C/c3ccc(F)cc3)C(=O)/C=C/c3cccc([N+](=O)[O-])c3)sc2c1. The first-order chi connectivity index (χ1) is 16.4. The lowest BCUT2D eigenvalue weighted by atomic mass is 10.2. The van der Waals surface area contributed by atoms with Gasteiger partial charge in [-0.3, -0.25) is 14.9 Å². The summed E-state index contributed by atoms with van der Waals surface area (Å²) in [6, 6.07) is 16.9. The van der Waals surface area contributed by atoms with Gasteiger partial charge in [0.15, 0.2) is 0 Å². The highest BCUT2D eigenvalue weighted by Gasteiger charge is 2.18. The molecule has 0 saturated carbocycles. The lowest BCUT2D eigenvalue weighted by Crippen LogP contribution is -2.23. The number of hydrogen-bond acceptors (Lipinski definition) is 7. The number of nitro groups is 1. The molecule has 0 unspecified atom stereocenters. The number of anilines is 1. The van der Waals surface area contributed by atoms with Gasteiger partial charge in [-0.1, -0.05) is 35.6 Å². The Hall–Kier alpha value is -4.44. The van der Waals surface area contributed by atoms with E-state index >= 15 is 0 Å². The van der Waals surface area contributed by atoms with Crippen molar-refractivity contribution in [2.45, 2.75) is 0 Å². The fourth-order valence-electron chi connectivity index (χ4n) is 2.96. The summed E-state index contributed by atoms with van der Waals surface area (Å²) in [5, 5.41) is 16.7. The van der Waals surface area contributed by atoms with Crippen LogP contribution in [0.1, 0.15) is 11.1 Å². The van der Waals surface area contributed by atoms with E-state index in [-0.39, 0.29) is 11.5 Å². The Balaban J connectivity index is 1.68. The van der Waals surface area contributed by atoms with Gasteiger partial charge in [-0.15, -0.1) is 0 Å². The number of carbonyl (C=O) groups excluding carboxylic acids is 1. The summed E-state index contributed by atoms with van der Waals surface area (Å²) in [5.41, 5.74) is 1.66. The van der Waals surface area contributed by atoms with Crippen LogP contribution < -0.4 is 9.75 Å². The van der Waals surface area contributed by atoms with Crippen molar-refractivity contribution in [2.24, 2.45) is 5.10 Å². The van der Waals surface area contributed by atoms with Gasteiger partial charge < -0.3 is 4.74 Å². The minimum atomic E-state index is -0.518. The van der Waals surface area contributed by atoms with Crippen LogP contribution >= 0.6 is 11.3 Å². The normalized spacial score (nSPS) is 11.4. The predicted octanol–water partition coefficient (Wildman–Crippen LogP) is 5.43. The third kappa shape index (κ3) is 5.30. The smallest absolute Gasteiger partial charge is 0.273 e. The zero-order valence-electron chi connectivity index (χ0n) is 17.8. The highest BCUT2D eigenvalue weighted by atomic mass is 32.1. The molecule has 3 aromatic carbocycles. The second-order valence-corrected chi connectivity index (χ2v) is 7.97. The number of methoxy groups -OCH3 is 1. The van der Waals surface area contributed by atoms with Crippen LogP contribution in [0.2, 0.25) is 0 Å². The Morgan fingerprint density at radius 1 is 1.15 bits per heavy atom. The summed E-state index contributed by atoms with van der Waals surface area (Å²) in [6.45, 7) is 0. The Kier molecular flexibility index (Phi) is 6.69. The molecule has 0 atom stereocenters. The number of hydrazone groups is 1. The molecule has 0 fully saturated rings. The summed E-state index contributed by atoms with van der Waals surface area (Å²) in [6.07, 6.45) is 4.14. The van der Waals surface area contributed by atoms with Crippen LogP contribution in [-0.2, 0) is 4.79 Å². The van der Waals surface area contributed by atoms with Crippen molar-refractivity contribution in [3.05, 3.63) is 99.9 Å². The lowest BCUT2D eigenvalue weighted by Gasteiger charge is -2.11. The van der Waals surface area contributed by atoms with Gasteiger partial charge >= 0.3 is 0 Å². The third-order valence-electron chi connectivity index (χ3n) is 4.67. The number of thiazole rings is 1. The maximum Gasteiger partial charge on any atom is 0.273 e. The quantitative estimate of drug-likeness (QED) is 0.153. The molecule has 1 heterocycles. The second-order valence-electron chi connectivity index (χ2n) is 6.96. The number of hydrogen-bond donors (Lipinski definition) is 0. The van der Waals surface area contributed by atoms with Crippen molar-refractivity contribution >= 4 is 50.6 Å². The molecule has 0 bridgehead atoms. The van der Waals surface area contributed by atoms with E-state index in [9.17, 15) is 19.3 Å². The van der Waals surface area contributed by atoms with Gasteiger partial charge in [0.2, 0.25) is 5.13 Å². The maximum absolute atomic E-state index is 13.2. The average molecular weight is 476 g/mol. The van der Waals surface area contributed by atoms with Crippen LogP contribution in [-0.4, -0.2) is 29.1 Å². The van der Waals surface area contributed by atoms with Crippen molar-refractivity contribution in [1.82, 2.24) is 4.98 Å². The zero-order chi connectivity index (χ0) is 24.1. The van der Waals surface area contributed by atoms with Crippen molar-refractivity contribution in [1.29, 1.82) is 0 Å². The fraction of sp³-hybridized carbons (Fsp3) is 0.0417. The molecule has 0 N–H and O–H groups in total. The van der Waals surface area contributed by atoms with Crippen molar-refractivity contribution in [3.63, 3.8) is 0 Å². The predicted molar refractivity (Wildman–Crippen MR) is 130 cm³/mol. The first kappa shape index (κ1) is 22.7. The fourth-order valence-corrected chi connectivity index (χ4v) is 3.92. The summed E-state index contributed by atoms with van der Waals surface area (Å²) < 4.78 is 19.3. The topological polar surface area (TPSA) is 97.9 Å².